The second kappa shape index (κ2) is 10.1. The summed E-state index contributed by atoms with van der Waals surface area (Å²) in [6, 6.07) is 0. The van der Waals surface area contributed by atoms with Crippen LogP contribution in [0.5, 0.6) is 0 Å². The summed E-state index contributed by atoms with van der Waals surface area (Å²) < 4.78 is 0. The topological polar surface area (TPSA) is 69.0 Å². The normalized spacial score (nSPS) is 19.5. The quantitative estimate of drug-likeness (QED) is 0.672. The number of aliphatic hydroxyl groups excluding tert-OH is 2. The van der Waals surface area contributed by atoms with Crippen LogP contribution in [0.15, 0.2) is 27.5 Å². The standard InChI is InChI=1S/C26H39N3O2/c1-7-23-16(2)10-11-25-26(20(6)28-23)21(15-31)13-29(25)14-22-18(4)17(3)19(5)27-24(22)9-8-12-30/h21,30-31H,7-15H2,1-6H3. The van der Waals surface area contributed by atoms with Gasteiger partial charge in [-0.15, -0.1) is 0 Å². The lowest BCUT2D eigenvalue weighted by atomic mass is 9.93. The predicted octanol–water partition coefficient (Wildman–Crippen LogP) is 4.55. The highest BCUT2D eigenvalue weighted by Crippen LogP contribution is 2.37. The molecule has 0 spiro atoms. The van der Waals surface area contributed by atoms with Gasteiger partial charge in [0.25, 0.3) is 0 Å². The van der Waals surface area contributed by atoms with Crippen LogP contribution in [-0.2, 0) is 13.0 Å². The van der Waals surface area contributed by atoms with E-state index in [9.17, 15) is 10.2 Å². The number of hydrogen-bond donors (Lipinski definition) is 2. The summed E-state index contributed by atoms with van der Waals surface area (Å²) in [5, 5.41) is 19.6. The lowest BCUT2D eigenvalue weighted by Gasteiger charge is -2.27. The molecule has 1 atom stereocenters. The van der Waals surface area contributed by atoms with Crippen LogP contribution >= 0.6 is 0 Å². The molecule has 1 unspecified atom stereocenters. The molecule has 1 aromatic heterocycles. The van der Waals surface area contributed by atoms with Crippen LogP contribution in [0.1, 0.15) is 74.5 Å². The van der Waals surface area contributed by atoms with Crippen molar-refractivity contribution in [2.45, 2.75) is 80.2 Å². The Hall–Kier alpha value is -1.98. The zero-order valence-electron chi connectivity index (χ0n) is 20.2. The van der Waals surface area contributed by atoms with Crippen molar-refractivity contribution in [3.8, 4) is 0 Å². The van der Waals surface area contributed by atoms with Gasteiger partial charge in [0.1, 0.15) is 0 Å². The average Bonchev–Trinajstić information content (AvgIpc) is 3.10. The molecule has 2 N–H and O–H groups in total. The predicted molar refractivity (Wildman–Crippen MR) is 127 cm³/mol. The lowest BCUT2D eigenvalue weighted by Crippen LogP contribution is -2.25. The second-order valence-electron chi connectivity index (χ2n) is 9.10. The maximum atomic E-state index is 10.2. The minimum Gasteiger partial charge on any atom is -0.396 e. The van der Waals surface area contributed by atoms with E-state index in [0.717, 1.165) is 62.3 Å². The Bertz CT molecular complexity index is 927. The SMILES string of the molecule is CCC1=C(C)CCC2=C(C(C)=N1)C(CO)CN2Cc1c(CCCO)nc(C)c(C)c1C. The highest BCUT2D eigenvalue weighted by Gasteiger charge is 2.34. The third-order valence-electron chi connectivity index (χ3n) is 7.15. The van der Waals surface area contributed by atoms with E-state index in [1.807, 2.05) is 0 Å². The van der Waals surface area contributed by atoms with Crippen LogP contribution in [0, 0.1) is 26.7 Å². The Balaban J connectivity index is 2.02. The molecule has 0 aromatic carbocycles. The number of nitrogens with zero attached hydrogens (tertiary/aromatic N) is 3. The summed E-state index contributed by atoms with van der Waals surface area (Å²) in [5.74, 6) is 0.107. The Kier molecular flexibility index (Phi) is 7.71. The van der Waals surface area contributed by atoms with Crippen molar-refractivity contribution >= 4 is 5.71 Å². The number of pyridine rings is 1. The van der Waals surface area contributed by atoms with Gasteiger partial charge < -0.3 is 15.1 Å². The summed E-state index contributed by atoms with van der Waals surface area (Å²) in [7, 11) is 0. The van der Waals surface area contributed by atoms with Crippen molar-refractivity contribution in [2.24, 2.45) is 10.9 Å². The van der Waals surface area contributed by atoms with E-state index < -0.39 is 0 Å². The van der Waals surface area contributed by atoms with Gasteiger partial charge in [0.05, 0.1) is 6.61 Å². The minimum absolute atomic E-state index is 0.107. The largest absolute Gasteiger partial charge is 0.396 e. The smallest absolute Gasteiger partial charge is 0.0518 e. The second-order valence-corrected chi connectivity index (χ2v) is 9.10. The van der Waals surface area contributed by atoms with Gasteiger partial charge >= 0.3 is 0 Å². The monoisotopic (exact) mass is 425 g/mol. The molecule has 0 radical (unpaired) electrons. The van der Waals surface area contributed by atoms with Gasteiger partial charge in [0.15, 0.2) is 0 Å². The molecule has 0 bridgehead atoms. The van der Waals surface area contributed by atoms with Gasteiger partial charge in [0.2, 0.25) is 0 Å². The van der Waals surface area contributed by atoms with Gasteiger partial charge in [-0.3, -0.25) is 9.98 Å². The van der Waals surface area contributed by atoms with Crippen molar-refractivity contribution in [3.63, 3.8) is 0 Å². The first-order valence-electron chi connectivity index (χ1n) is 11.7. The Morgan fingerprint density at radius 2 is 1.77 bits per heavy atom. The van der Waals surface area contributed by atoms with Crippen molar-refractivity contribution in [3.05, 3.63) is 50.6 Å². The van der Waals surface area contributed by atoms with Gasteiger partial charge in [-0.25, -0.2) is 0 Å². The van der Waals surface area contributed by atoms with Crippen LogP contribution in [0.25, 0.3) is 0 Å². The van der Waals surface area contributed by atoms with E-state index in [0.29, 0.717) is 0 Å². The first kappa shape index (κ1) is 23.7. The summed E-state index contributed by atoms with van der Waals surface area (Å²) in [5.41, 5.74) is 12.2. The molecule has 5 nitrogen and oxygen atoms in total. The molecule has 31 heavy (non-hydrogen) atoms. The van der Waals surface area contributed by atoms with Crippen molar-refractivity contribution < 1.29 is 10.2 Å². The van der Waals surface area contributed by atoms with E-state index in [-0.39, 0.29) is 19.1 Å². The van der Waals surface area contributed by atoms with Gasteiger partial charge in [-0.1, -0.05) is 12.5 Å². The fourth-order valence-corrected chi connectivity index (χ4v) is 5.09. The fourth-order valence-electron chi connectivity index (χ4n) is 5.09. The van der Waals surface area contributed by atoms with Gasteiger partial charge in [0, 0.05) is 54.1 Å². The Morgan fingerprint density at radius 3 is 2.42 bits per heavy atom. The number of aromatic nitrogens is 1. The highest BCUT2D eigenvalue weighted by atomic mass is 16.3. The van der Waals surface area contributed by atoms with E-state index in [1.54, 1.807) is 0 Å². The number of hydrogen-bond acceptors (Lipinski definition) is 5. The third kappa shape index (κ3) is 4.78. The zero-order valence-corrected chi connectivity index (χ0v) is 20.2. The van der Waals surface area contributed by atoms with E-state index in [4.69, 9.17) is 9.98 Å². The summed E-state index contributed by atoms with van der Waals surface area (Å²) >= 11 is 0. The molecule has 1 aromatic rings. The van der Waals surface area contributed by atoms with Crippen LogP contribution in [0.2, 0.25) is 0 Å². The highest BCUT2D eigenvalue weighted by molar-refractivity contribution is 6.00. The molecule has 3 heterocycles. The maximum Gasteiger partial charge on any atom is 0.0518 e. The van der Waals surface area contributed by atoms with Crippen LogP contribution in [0.4, 0.5) is 0 Å². The summed E-state index contributed by atoms with van der Waals surface area (Å²) in [4.78, 5) is 12.3. The van der Waals surface area contributed by atoms with E-state index in [2.05, 4.69) is 46.4 Å². The van der Waals surface area contributed by atoms with Crippen molar-refractivity contribution in [1.29, 1.82) is 0 Å². The first-order chi connectivity index (χ1) is 14.8. The van der Waals surface area contributed by atoms with Crippen molar-refractivity contribution in [2.75, 3.05) is 19.8 Å². The van der Waals surface area contributed by atoms with Crippen molar-refractivity contribution in [1.82, 2.24) is 9.88 Å². The number of aryl methyl sites for hydroxylation is 2. The molecule has 170 valence electrons. The molecule has 0 saturated heterocycles. The molecule has 0 amide bonds. The molecular weight excluding hydrogens is 386 g/mol. The molecule has 0 fully saturated rings. The summed E-state index contributed by atoms with van der Waals surface area (Å²) in [6.07, 6.45) is 4.46. The Labute approximate surface area is 187 Å². The van der Waals surface area contributed by atoms with Gasteiger partial charge in [-0.05, 0) is 89.0 Å². The van der Waals surface area contributed by atoms with Gasteiger partial charge in [-0.2, -0.15) is 0 Å². The zero-order chi connectivity index (χ0) is 22.7. The van der Waals surface area contributed by atoms with Crippen LogP contribution in [0.3, 0.4) is 0 Å². The fraction of sp³-hybridized carbons (Fsp3) is 0.615. The first-order valence-corrected chi connectivity index (χ1v) is 11.7. The van der Waals surface area contributed by atoms with Crippen LogP contribution in [-0.4, -0.2) is 45.6 Å². The molecule has 2 aliphatic heterocycles. The number of allylic oxidation sites excluding steroid dienone is 3. The summed E-state index contributed by atoms with van der Waals surface area (Å²) in [6.45, 7) is 14.8. The molecule has 0 saturated carbocycles. The number of aliphatic hydroxyl groups is 2. The van der Waals surface area contributed by atoms with E-state index in [1.165, 1.54) is 39.2 Å². The molecule has 2 aliphatic rings. The number of rotatable bonds is 7. The Morgan fingerprint density at radius 1 is 1.03 bits per heavy atom. The molecule has 0 aliphatic carbocycles. The van der Waals surface area contributed by atoms with Crippen LogP contribution < -0.4 is 0 Å². The average molecular weight is 426 g/mol. The maximum absolute atomic E-state index is 10.2. The molecule has 3 rings (SSSR count). The number of aliphatic imine (C=N–C) groups is 1. The van der Waals surface area contributed by atoms with E-state index >= 15 is 0 Å². The minimum atomic E-state index is 0.107. The lowest BCUT2D eigenvalue weighted by molar-refractivity contribution is 0.224. The molecule has 5 heteroatoms. The third-order valence-corrected chi connectivity index (χ3v) is 7.15. The molecular formula is C26H39N3O2.